The van der Waals surface area contributed by atoms with Crippen molar-refractivity contribution in [2.45, 2.75) is 44.6 Å². The Bertz CT molecular complexity index is 1170. The quantitative estimate of drug-likeness (QED) is 0.391. The van der Waals surface area contributed by atoms with Crippen LogP contribution < -0.4 is 4.31 Å². The second kappa shape index (κ2) is 10.6. The largest absolute Gasteiger partial charge is 0.466 e. The minimum absolute atomic E-state index is 0.0335. The first kappa shape index (κ1) is 24.5. The van der Waals surface area contributed by atoms with E-state index in [9.17, 15) is 17.6 Å². The molecule has 0 aliphatic heterocycles. The van der Waals surface area contributed by atoms with Gasteiger partial charge in [-0.05, 0) is 65.9 Å². The molecule has 0 aromatic heterocycles. The second-order valence-corrected chi connectivity index (χ2v) is 9.87. The third-order valence-corrected chi connectivity index (χ3v) is 7.04. The average Bonchev–Trinajstić information content (AvgIpc) is 2.79. The van der Waals surface area contributed by atoms with Crippen LogP contribution in [0.5, 0.6) is 0 Å². The molecule has 0 N–H and O–H groups in total. The number of hydrogen-bond acceptors (Lipinski definition) is 4. The number of benzene rings is 3. The van der Waals surface area contributed by atoms with E-state index in [2.05, 4.69) is 0 Å². The predicted octanol–water partition coefficient (Wildman–Crippen LogP) is 5.45. The lowest BCUT2D eigenvalue weighted by molar-refractivity contribution is -0.142. The zero-order valence-corrected chi connectivity index (χ0v) is 19.8. The summed E-state index contributed by atoms with van der Waals surface area (Å²) in [5, 5.41) is 0. The standard InChI is InChI=1S/C26H28FNO4S/c1-4-32-26(29)17-20-7-13-24(14-8-20)28(18-21-5-11-23(27)12-6-21)33(30,31)25-15-9-22(10-16-25)19(2)3/h5-16,19H,4,17-18H2,1-3H3. The van der Waals surface area contributed by atoms with Gasteiger partial charge in [0, 0.05) is 0 Å². The summed E-state index contributed by atoms with van der Waals surface area (Å²) in [6, 6.07) is 19.3. The normalized spacial score (nSPS) is 11.4. The molecule has 7 heteroatoms. The van der Waals surface area contributed by atoms with Crippen molar-refractivity contribution in [3.8, 4) is 0 Å². The summed E-state index contributed by atoms with van der Waals surface area (Å²) >= 11 is 0. The zero-order chi connectivity index (χ0) is 24.0. The second-order valence-electron chi connectivity index (χ2n) is 8.01. The highest BCUT2D eigenvalue weighted by Crippen LogP contribution is 2.28. The number of rotatable bonds is 9. The van der Waals surface area contributed by atoms with Gasteiger partial charge in [0.15, 0.2) is 0 Å². The number of ether oxygens (including phenoxy) is 1. The summed E-state index contributed by atoms with van der Waals surface area (Å²) in [7, 11) is -3.90. The van der Waals surface area contributed by atoms with E-state index in [0.29, 0.717) is 17.9 Å². The van der Waals surface area contributed by atoms with Crippen molar-refractivity contribution in [3.63, 3.8) is 0 Å². The first-order chi connectivity index (χ1) is 15.7. The summed E-state index contributed by atoms with van der Waals surface area (Å²) in [4.78, 5) is 11.9. The number of nitrogens with zero attached hydrogens (tertiary/aromatic N) is 1. The first-order valence-electron chi connectivity index (χ1n) is 10.8. The van der Waals surface area contributed by atoms with Gasteiger partial charge in [0.2, 0.25) is 0 Å². The van der Waals surface area contributed by atoms with Crippen LogP contribution in [0, 0.1) is 5.82 Å². The molecule has 0 fully saturated rings. The van der Waals surface area contributed by atoms with Crippen molar-refractivity contribution in [1.29, 1.82) is 0 Å². The Morgan fingerprint density at radius 2 is 1.48 bits per heavy atom. The van der Waals surface area contributed by atoms with Crippen LogP contribution in [0.3, 0.4) is 0 Å². The van der Waals surface area contributed by atoms with Crippen LogP contribution in [0.25, 0.3) is 0 Å². The molecule has 0 spiro atoms. The number of carbonyl (C=O) groups excluding carboxylic acids is 1. The molecule has 0 unspecified atom stereocenters. The van der Waals surface area contributed by atoms with Crippen LogP contribution in [0.1, 0.15) is 43.4 Å². The number of sulfonamides is 1. The fourth-order valence-corrected chi connectivity index (χ4v) is 4.83. The summed E-state index contributed by atoms with van der Waals surface area (Å²) in [5.74, 6) is -0.448. The van der Waals surface area contributed by atoms with Gasteiger partial charge in [0.05, 0.1) is 30.2 Å². The predicted molar refractivity (Wildman–Crippen MR) is 127 cm³/mol. The van der Waals surface area contributed by atoms with Crippen LogP contribution in [-0.4, -0.2) is 21.0 Å². The Labute approximate surface area is 194 Å². The number of anilines is 1. The lowest BCUT2D eigenvalue weighted by Gasteiger charge is -2.25. The zero-order valence-electron chi connectivity index (χ0n) is 19.0. The van der Waals surface area contributed by atoms with Gasteiger partial charge < -0.3 is 4.74 Å². The first-order valence-corrected chi connectivity index (χ1v) is 12.3. The van der Waals surface area contributed by atoms with Gasteiger partial charge in [-0.3, -0.25) is 9.10 Å². The smallest absolute Gasteiger partial charge is 0.310 e. The van der Waals surface area contributed by atoms with E-state index in [1.54, 1.807) is 55.5 Å². The maximum Gasteiger partial charge on any atom is 0.310 e. The van der Waals surface area contributed by atoms with E-state index in [0.717, 1.165) is 11.1 Å². The van der Waals surface area contributed by atoms with Crippen LogP contribution in [0.4, 0.5) is 10.1 Å². The Hall–Kier alpha value is -3.19. The fraction of sp³-hybridized carbons (Fsp3) is 0.269. The molecular formula is C26H28FNO4S. The van der Waals surface area contributed by atoms with E-state index >= 15 is 0 Å². The molecule has 0 saturated carbocycles. The van der Waals surface area contributed by atoms with Gasteiger partial charge in [0.25, 0.3) is 10.0 Å². The maximum atomic E-state index is 13.6. The monoisotopic (exact) mass is 469 g/mol. The van der Waals surface area contributed by atoms with Gasteiger partial charge in [-0.15, -0.1) is 0 Å². The van der Waals surface area contributed by atoms with Crippen molar-refractivity contribution in [2.24, 2.45) is 0 Å². The molecule has 0 saturated heterocycles. The lowest BCUT2D eigenvalue weighted by atomic mass is 10.0. The van der Waals surface area contributed by atoms with Crippen LogP contribution in [0.2, 0.25) is 0 Å². The molecule has 0 amide bonds. The van der Waals surface area contributed by atoms with E-state index in [-0.39, 0.29) is 35.6 Å². The minimum Gasteiger partial charge on any atom is -0.466 e. The Morgan fingerprint density at radius 1 is 0.909 bits per heavy atom. The Balaban J connectivity index is 1.96. The molecule has 3 rings (SSSR count). The maximum absolute atomic E-state index is 13.6. The van der Waals surface area contributed by atoms with Crippen LogP contribution in [0.15, 0.2) is 77.7 Å². The highest BCUT2D eigenvalue weighted by Gasteiger charge is 2.25. The van der Waals surface area contributed by atoms with Gasteiger partial charge in [-0.1, -0.05) is 50.2 Å². The molecule has 5 nitrogen and oxygen atoms in total. The van der Waals surface area contributed by atoms with E-state index < -0.39 is 10.0 Å². The van der Waals surface area contributed by atoms with Gasteiger partial charge in [0.1, 0.15) is 5.82 Å². The minimum atomic E-state index is -3.90. The third-order valence-electron chi connectivity index (χ3n) is 5.25. The van der Waals surface area contributed by atoms with Gasteiger partial charge in [-0.2, -0.15) is 0 Å². The number of esters is 1. The van der Waals surface area contributed by atoms with Crippen molar-refractivity contribution < 1.29 is 22.3 Å². The molecule has 0 aliphatic carbocycles. The van der Waals surface area contributed by atoms with E-state index in [1.165, 1.54) is 16.4 Å². The van der Waals surface area contributed by atoms with Crippen molar-refractivity contribution in [3.05, 3.63) is 95.3 Å². The Kier molecular flexibility index (Phi) is 7.87. The molecule has 0 bridgehead atoms. The molecule has 0 radical (unpaired) electrons. The van der Waals surface area contributed by atoms with E-state index in [4.69, 9.17) is 4.74 Å². The third kappa shape index (κ3) is 6.20. The van der Waals surface area contributed by atoms with Crippen LogP contribution in [-0.2, 0) is 32.5 Å². The number of carbonyl (C=O) groups is 1. The molecule has 0 atom stereocenters. The number of hydrogen-bond donors (Lipinski definition) is 0. The summed E-state index contributed by atoms with van der Waals surface area (Å²) in [6.07, 6.45) is 0.107. The Morgan fingerprint density at radius 3 is 2.03 bits per heavy atom. The molecular weight excluding hydrogens is 441 g/mol. The summed E-state index contributed by atoms with van der Waals surface area (Å²) in [6.45, 7) is 6.17. The molecule has 33 heavy (non-hydrogen) atoms. The van der Waals surface area contributed by atoms with Gasteiger partial charge in [-0.25, -0.2) is 12.8 Å². The fourth-order valence-electron chi connectivity index (χ4n) is 3.38. The molecule has 0 aliphatic rings. The van der Waals surface area contributed by atoms with Crippen LogP contribution >= 0.6 is 0 Å². The summed E-state index contributed by atoms with van der Waals surface area (Å²) < 4.78 is 46.9. The highest BCUT2D eigenvalue weighted by molar-refractivity contribution is 7.92. The molecule has 3 aromatic carbocycles. The molecule has 3 aromatic rings. The SMILES string of the molecule is CCOC(=O)Cc1ccc(N(Cc2ccc(F)cc2)S(=O)(=O)c2ccc(C(C)C)cc2)cc1. The lowest BCUT2D eigenvalue weighted by Crippen LogP contribution is -2.30. The summed E-state index contributed by atoms with van der Waals surface area (Å²) in [5.41, 5.74) is 2.86. The molecule has 174 valence electrons. The van der Waals surface area contributed by atoms with Crippen molar-refractivity contribution >= 4 is 21.7 Å². The molecule has 0 heterocycles. The van der Waals surface area contributed by atoms with Gasteiger partial charge >= 0.3 is 5.97 Å². The highest BCUT2D eigenvalue weighted by atomic mass is 32.2. The topological polar surface area (TPSA) is 63.7 Å². The van der Waals surface area contributed by atoms with Crippen molar-refractivity contribution in [2.75, 3.05) is 10.9 Å². The van der Waals surface area contributed by atoms with E-state index in [1.807, 2.05) is 26.0 Å². The van der Waals surface area contributed by atoms with Crippen molar-refractivity contribution in [1.82, 2.24) is 0 Å². The number of halogens is 1. The average molecular weight is 470 g/mol.